The SMILES string of the molecule is C/C(=C\c1ccc(F)cc1)C(O)(c1ccc(F)cc1)C(S)c1c[nH]nn1. The van der Waals surface area contributed by atoms with E-state index in [0.29, 0.717) is 22.4 Å². The zero-order valence-corrected chi connectivity index (χ0v) is 14.8. The van der Waals surface area contributed by atoms with Crippen molar-refractivity contribution in [2.24, 2.45) is 0 Å². The molecular formula is C19H17F2N3OS. The molecule has 0 radical (unpaired) electrons. The molecule has 4 nitrogen and oxygen atoms in total. The molecule has 1 aromatic heterocycles. The van der Waals surface area contributed by atoms with Gasteiger partial charge < -0.3 is 5.11 Å². The third-order valence-electron chi connectivity index (χ3n) is 4.25. The third-order valence-corrected chi connectivity index (χ3v) is 4.89. The second-order valence-corrected chi connectivity index (χ2v) is 6.47. The molecule has 0 spiro atoms. The molecule has 2 unspecified atom stereocenters. The van der Waals surface area contributed by atoms with Crippen molar-refractivity contribution in [3.05, 3.63) is 88.8 Å². The maximum absolute atomic E-state index is 13.4. The first-order chi connectivity index (χ1) is 12.4. The number of H-pyrrole nitrogens is 1. The topological polar surface area (TPSA) is 61.8 Å². The molecular weight excluding hydrogens is 356 g/mol. The third kappa shape index (κ3) is 3.54. The predicted octanol–water partition coefficient (Wildman–Crippen LogP) is 4.05. The molecule has 1 heterocycles. The summed E-state index contributed by atoms with van der Waals surface area (Å²) >= 11 is 4.56. The molecule has 0 aliphatic rings. The molecule has 0 saturated heterocycles. The molecule has 7 heteroatoms. The van der Waals surface area contributed by atoms with Crippen LogP contribution >= 0.6 is 12.6 Å². The summed E-state index contributed by atoms with van der Waals surface area (Å²) in [7, 11) is 0. The average molecular weight is 373 g/mol. The standard InChI is InChI=1S/C19H17F2N3OS/c1-12(10-13-2-6-15(20)7-3-13)19(25,14-4-8-16(21)9-5-14)18(26)17-11-22-24-23-17/h2-11,18,25-26H,1H3,(H,22,23,24)/b12-10+. The van der Waals surface area contributed by atoms with Crippen molar-refractivity contribution in [1.82, 2.24) is 15.4 Å². The fourth-order valence-corrected chi connectivity index (χ4v) is 3.26. The number of halogens is 2. The number of nitrogens with zero attached hydrogens (tertiary/aromatic N) is 2. The summed E-state index contributed by atoms with van der Waals surface area (Å²) in [6.07, 6.45) is 3.27. The summed E-state index contributed by atoms with van der Waals surface area (Å²) < 4.78 is 26.5. The Morgan fingerprint density at radius 1 is 1.12 bits per heavy atom. The molecule has 2 N–H and O–H groups in total. The molecule has 3 rings (SSSR count). The summed E-state index contributed by atoms with van der Waals surface area (Å²) in [6, 6.07) is 11.4. The number of aromatic nitrogens is 3. The Bertz CT molecular complexity index is 896. The maximum Gasteiger partial charge on any atom is 0.128 e. The van der Waals surface area contributed by atoms with Gasteiger partial charge >= 0.3 is 0 Å². The highest BCUT2D eigenvalue weighted by molar-refractivity contribution is 7.80. The predicted molar refractivity (Wildman–Crippen MR) is 98.5 cm³/mol. The second kappa shape index (κ2) is 7.39. The Labute approximate surface area is 155 Å². The van der Waals surface area contributed by atoms with Crippen molar-refractivity contribution < 1.29 is 13.9 Å². The van der Waals surface area contributed by atoms with Gasteiger partial charge in [-0.3, -0.25) is 5.10 Å². The molecule has 2 atom stereocenters. The highest BCUT2D eigenvalue weighted by atomic mass is 32.1. The fraction of sp³-hybridized carbons (Fsp3) is 0.158. The zero-order valence-electron chi connectivity index (χ0n) is 13.9. The van der Waals surface area contributed by atoms with Crippen LogP contribution < -0.4 is 0 Å². The summed E-state index contributed by atoms with van der Waals surface area (Å²) in [6.45, 7) is 1.73. The van der Waals surface area contributed by atoms with Crippen molar-refractivity contribution in [2.75, 3.05) is 0 Å². The lowest BCUT2D eigenvalue weighted by molar-refractivity contribution is 0.0737. The molecule has 0 bridgehead atoms. The Kier molecular flexibility index (Phi) is 5.20. The quantitative estimate of drug-likeness (QED) is 0.592. The lowest BCUT2D eigenvalue weighted by Crippen LogP contribution is -2.32. The van der Waals surface area contributed by atoms with Crippen LogP contribution in [0.5, 0.6) is 0 Å². The zero-order chi connectivity index (χ0) is 18.7. The molecule has 26 heavy (non-hydrogen) atoms. The first-order valence-electron chi connectivity index (χ1n) is 7.88. The monoisotopic (exact) mass is 373 g/mol. The van der Waals surface area contributed by atoms with Gasteiger partial charge in [0, 0.05) is 6.20 Å². The van der Waals surface area contributed by atoms with Crippen molar-refractivity contribution in [3.8, 4) is 0 Å². The van der Waals surface area contributed by atoms with Gasteiger partial charge in [0.15, 0.2) is 0 Å². The van der Waals surface area contributed by atoms with Crippen molar-refractivity contribution >= 4 is 18.7 Å². The van der Waals surface area contributed by atoms with Gasteiger partial charge in [-0.2, -0.15) is 12.6 Å². The second-order valence-electron chi connectivity index (χ2n) is 5.95. The highest BCUT2D eigenvalue weighted by Crippen LogP contribution is 2.44. The van der Waals surface area contributed by atoms with Crippen LogP contribution in [0.3, 0.4) is 0 Å². The smallest absolute Gasteiger partial charge is 0.128 e. The van der Waals surface area contributed by atoms with E-state index in [-0.39, 0.29) is 5.82 Å². The van der Waals surface area contributed by atoms with Gasteiger partial charge in [0.1, 0.15) is 17.2 Å². The minimum absolute atomic E-state index is 0.344. The van der Waals surface area contributed by atoms with E-state index in [1.165, 1.54) is 42.6 Å². The number of hydrogen-bond acceptors (Lipinski definition) is 4. The van der Waals surface area contributed by atoms with Gasteiger partial charge in [-0.1, -0.05) is 35.6 Å². The van der Waals surface area contributed by atoms with E-state index in [4.69, 9.17) is 0 Å². The largest absolute Gasteiger partial charge is 0.379 e. The summed E-state index contributed by atoms with van der Waals surface area (Å²) in [5, 5.41) is 21.0. The van der Waals surface area contributed by atoms with E-state index < -0.39 is 16.7 Å². The molecule has 0 amide bonds. The molecule has 0 aliphatic carbocycles. The molecule has 2 aromatic carbocycles. The van der Waals surface area contributed by atoms with E-state index in [1.54, 1.807) is 25.1 Å². The number of rotatable bonds is 5. The molecule has 0 fully saturated rings. The lowest BCUT2D eigenvalue weighted by atomic mass is 9.81. The molecule has 134 valence electrons. The Balaban J connectivity index is 2.10. The van der Waals surface area contributed by atoms with Crippen LogP contribution in [0.1, 0.15) is 29.0 Å². The summed E-state index contributed by atoms with van der Waals surface area (Å²) in [5.41, 5.74) is 0.566. The van der Waals surface area contributed by atoms with E-state index >= 15 is 0 Å². The fourth-order valence-electron chi connectivity index (χ4n) is 2.78. The van der Waals surface area contributed by atoms with Crippen LogP contribution in [0.25, 0.3) is 6.08 Å². The number of aliphatic hydroxyl groups is 1. The highest BCUT2D eigenvalue weighted by Gasteiger charge is 2.40. The minimum atomic E-state index is -1.58. The first-order valence-corrected chi connectivity index (χ1v) is 8.40. The Morgan fingerprint density at radius 2 is 1.69 bits per heavy atom. The minimum Gasteiger partial charge on any atom is -0.379 e. The van der Waals surface area contributed by atoms with Gasteiger partial charge in [0.05, 0.1) is 10.9 Å². The van der Waals surface area contributed by atoms with Crippen LogP contribution in [0.4, 0.5) is 8.78 Å². The average Bonchev–Trinajstić information content (AvgIpc) is 3.17. The first kappa shape index (κ1) is 18.3. The number of thiol groups is 1. The Hall–Kier alpha value is -2.51. The van der Waals surface area contributed by atoms with Crippen LogP contribution in [0, 0.1) is 11.6 Å². The molecule has 3 aromatic rings. The van der Waals surface area contributed by atoms with E-state index in [2.05, 4.69) is 28.0 Å². The van der Waals surface area contributed by atoms with Crippen molar-refractivity contribution in [1.29, 1.82) is 0 Å². The van der Waals surface area contributed by atoms with E-state index in [9.17, 15) is 13.9 Å². The van der Waals surface area contributed by atoms with Gasteiger partial charge in [-0.05, 0) is 47.9 Å². The van der Waals surface area contributed by atoms with Crippen molar-refractivity contribution in [3.63, 3.8) is 0 Å². The van der Waals surface area contributed by atoms with Gasteiger partial charge in [0.2, 0.25) is 0 Å². The number of aromatic amines is 1. The van der Waals surface area contributed by atoms with Gasteiger partial charge in [-0.15, -0.1) is 5.10 Å². The van der Waals surface area contributed by atoms with Gasteiger partial charge in [0.25, 0.3) is 0 Å². The van der Waals surface area contributed by atoms with Crippen LogP contribution in [-0.2, 0) is 5.60 Å². The van der Waals surface area contributed by atoms with Crippen LogP contribution in [0.15, 0.2) is 60.3 Å². The number of nitrogens with one attached hydrogen (secondary N) is 1. The van der Waals surface area contributed by atoms with Crippen LogP contribution in [-0.4, -0.2) is 20.5 Å². The van der Waals surface area contributed by atoms with Crippen molar-refractivity contribution in [2.45, 2.75) is 17.8 Å². The van der Waals surface area contributed by atoms with E-state index in [1.807, 2.05) is 0 Å². The number of hydrogen-bond donors (Lipinski definition) is 3. The van der Waals surface area contributed by atoms with E-state index in [0.717, 1.165) is 0 Å². The normalized spacial score (nSPS) is 15.5. The van der Waals surface area contributed by atoms with Crippen LogP contribution in [0.2, 0.25) is 0 Å². The molecule has 0 saturated carbocycles. The number of benzene rings is 2. The molecule has 0 aliphatic heterocycles. The summed E-state index contributed by atoms with van der Waals surface area (Å²) in [4.78, 5) is 0. The lowest BCUT2D eigenvalue weighted by Gasteiger charge is -2.34. The Morgan fingerprint density at radius 3 is 2.23 bits per heavy atom. The van der Waals surface area contributed by atoms with Gasteiger partial charge in [-0.25, -0.2) is 8.78 Å². The maximum atomic E-state index is 13.4. The summed E-state index contributed by atoms with van der Waals surface area (Å²) in [5.74, 6) is -0.753.